The minimum Gasteiger partial charge on any atom is -0.382 e. The monoisotopic (exact) mass is 320 g/mol. The van der Waals surface area contributed by atoms with E-state index in [0.29, 0.717) is 12.0 Å². The summed E-state index contributed by atoms with van der Waals surface area (Å²) in [7, 11) is 1.56. The number of carbonyl (C=O) groups excluding carboxylic acids is 2. The van der Waals surface area contributed by atoms with Gasteiger partial charge in [0.25, 0.3) is 5.91 Å². The van der Waals surface area contributed by atoms with Gasteiger partial charge in [0.2, 0.25) is 0 Å². The van der Waals surface area contributed by atoms with Gasteiger partial charge in [0.05, 0.1) is 6.61 Å². The second-order valence-electron chi connectivity index (χ2n) is 8.82. The van der Waals surface area contributed by atoms with Crippen molar-refractivity contribution >= 4 is 11.9 Å². The van der Waals surface area contributed by atoms with Crippen LogP contribution in [0.15, 0.2) is 0 Å². The van der Waals surface area contributed by atoms with E-state index < -0.39 is 5.54 Å². The zero-order valence-electron chi connectivity index (χ0n) is 14.3. The fourth-order valence-electron chi connectivity index (χ4n) is 6.28. The summed E-state index contributed by atoms with van der Waals surface area (Å²) in [6.45, 7) is 2.54. The molecule has 4 aliphatic carbocycles. The lowest BCUT2D eigenvalue weighted by Gasteiger charge is -2.57. The first-order chi connectivity index (χ1) is 10.9. The quantitative estimate of drug-likeness (QED) is 0.792. The molecule has 128 valence electrons. The van der Waals surface area contributed by atoms with Gasteiger partial charge in [-0.2, -0.15) is 0 Å². The van der Waals surface area contributed by atoms with Gasteiger partial charge in [-0.1, -0.05) is 0 Å². The summed E-state index contributed by atoms with van der Waals surface area (Å²) in [5, 5.41) is 2.80. The summed E-state index contributed by atoms with van der Waals surface area (Å²) < 4.78 is 5.11. The van der Waals surface area contributed by atoms with Gasteiger partial charge in [-0.3, -0.25) is 9.69 Å². The SMILES string of the molecule is COC[C@@]1(C)NC(=O)N(CCC23CC4CC(CC(C4)C2)C3)C1=O. The lowest BCUT2D eigenvalue weighted by atomic mass is 9.49. The van der Waals surface area contributed by atoms with Gasteiger partial charge in [-0.05, 0) is 75.0 Å². The topological polar surface area (TPSA) is 58.6 Å². The Kier molecular flexibility index (Phi) is 3.49. The number of hydrogen-bond acceptors (Lipinski definition) is 3. The van der Waals surface area contributed by atoms with Crippen LogP contribution in [0.5, 0.6) is 0 Å². The van der Waals surface area contributed by atoms with Crippen LogP contribution >= 0.6 is 0 Å². The molecule has 1 atom stereocenters. The van der Waals surface area contributed by atoms with Gasteiger partial charge in [0.15, 0.2) is 0 Å². The normalized spacial score (nSPS) is 45.0. The summed E-state index contributed by atoms with van der Waals surface area (Å²) in [4.78, 5) is 26.3. The lowest BCUT2D eigenvalue weighted by molar-refractivity contribution is -0.133. The molecule has 4 saturated carbocycles. The standard InChI is InChI=1S/C18H28N2O3/c1-17(11-23-2)15(21)20(16(22)19-17)4-3-18-8-12-5-13(9-18)7-14(6-12)10-18/h12-14H,3-11H2,1-2H3,(H,19,22)/t12?,13?,14?,17-,18?/m1/s1. The average Bonchev–Trinajstić information content (AvgIpc) is 2.66. The summed E-state index contributed by atoms with van der Waals surface area (Å²) >= 11 is 0. The van der Waals surface area contributed by atoms with E-state index in [4.69, 9.17) is 4.74 Å². The van der Waals surface area contributed by atoms with Gasteiger partial charge in [-0.25, -0.2) is 4.79 Å². The van der Waals surface area contributed by atoms with E-state index in [2.05, 4.69) is 5.32 Å². The molecular formula is C18H28N2O3. The second-order valence-corrected chi connectivity index (χ2v) is 8.82. The maximum Gasteiger partial charge on any atom is 0.325 e. The molecule has 1 saturated heterocycles. The van der Waals surface area contributed by atoms with E-state index in [1.165, 1.54) is 43.4 Å². The highest BCUT2D eigenvalue weighted by atomic mass is 16.5. The van der Waals surface area contributed by atoms with E-state index in [-0.39, 0.29) is 18.5 Å². The van der Waals surface area contributed by atoms with E-state index in [1.54, 1.807) is 14.0 Å². The highest BCUT2D eigenvalue weighted by Gasteiger charge is 2.52. The van der Waals surface area contributed by atoms with Crippen molar-refractivity contribution < 1.29 is 14.3 Å². The van der Waals surface area contributed by atoms with Crippen LogP contribution in [0.25, 0.3) is 0 Å². The van der Waals surface area contributed by atoms with E-state index >= 15 is 0 Å². The first-order valence-electron chi connectivity index (χ1n) is 9.06. The smallest absolute Gasteiger partial charge is 0.325 e. The maximum absolute atomic E-state index is 12.6. The molecule has 0 aromatic carbocycles. The molecule has 1 aliphatic heterocycles. The molecule has 1 heterocycles. The van der Waals surface area contributed by atoms with Crippen molar-refractivity contribution in [2.75, 3.05) is 20.3 Å². The van der Waals surface area contributed by atoms with Crippen molar-refractivity contribution in [1.82, 2.24) is 10.2 Å². The molecule has 0 radical (unpaired) electrons. The minimum absolute atomic E-state index is 0.130. The van der Waals surface area contributed by atoms with Crippen LogP contribution < -0.4 is 5.32 Å². The van der Waals surface area contributed by atoms with Crippen LogP contribution in [0, 0.1) is 23.2 Å². The third kappa shape index (κ3) is 2.48. The number of hydrogen-bond donors (Lipinski definition) is 1. The van der Waals surface area contributed by atoms with Crippen molar-refractivity contribution in [3.63, 3.8) is 0 Å². The van der Waals surface area contributed by atoms with Crippen molar-refractivity contribution in [2.45, 2.75) is 57.4 Å². The number of ether oxygens (including phenoxy) is 1. The van der Waals surface area contributed by atoms with Gasteiger partial charge >= 0.3 is 6.03 Å². The molecule has 0 spiro atoms. The third-order valence-corrected chi connectivity index (χ3v) is 6.81. The predicted octanol–water partition coefficient (Wildman–Crippen LogP) is 2.55. The van der Waals surface area contributed by atoms with Crippen molar-refractivity contribution in [1.29, 1.82) is 0 Å². The Morgan fingerprint density at radius 3 is 2.22 bits per heavy atom. The molecule has 5 heteroatoms. The Balaban J connectivity index is 1.43. The van der Waals surface area contributed by atoms with Crippen LogP contribution in [0.2, 0.25) is 0 Å². The molecule has 5 fully saturated rings. The van der Waals surface area contributed by atoms with Crippen LogP contribution in [0.3, 0.4) is 0 Å². The summed E-state index contributed by atoms with van der Waals surface area (Å²) in [5.74, 6) is 2.59. The number of rotatable bonds is 5. The number of urea groups is 1. The zero-order chi connectivity index (χ0) is 16.2. The van der Waals surface area contributed by atoms with Crippen molar-refractivity contribution in [3.05, 3.63) is 0 Å². The molecule has 1 N–H and O–H groups in total. The van der Waals surface area contributed by atoms with E-state index in [9.17, 15) is 9.59 Å². The van der Waals surface area contributed by atoms with E-state index in [0.717, 1.165) is 24.2 Å². The highest BCUT2D eigenvalue weighted by molar-refractivity contribution is 6.06. The van der Waals surface area contributed by atoms with Crippen LogP contribution in [0.4, 0.5) is 4.79 Å². The fraction of sp³-hybridized carbons (Fsp3) is 0.889. The summed E-state index contributed by atoms with van der Waals surface area (Å²) in [6.07, 6.45) is 9.21. The molecule has 0 aromatic heterocycles. The Morgan fingerprint density at radius 1 is 1.13 bits per heavy atom. The zero-order valence-corrected chi connectivity index (χ0v) is 14.3. The van der Waals surface area contributed by atoms with Crippen LogP contribution in [0.1, 0.15) is 51.9 Å². The largest absolute Gasteiger partial charge is 0.382 e. The molecule has 5 nitrogen and oxygen atoms in total. The van der Waals surface area contributed by atoms with Gasteiger partial charge in [-0.15, -0.1) is 0 Å². The van der Waals surface area contributed by atoms with Crippen LogP contribution in [-0.2, 0) is 9.53 Å². The number of carbonyl (C=O) groups is 2. The predicted molar refractivity (Wildman–Crippen MR) is 85.7 cm³/mol. The maximum atomic E-state index is 12.6. The first kappa shape index (κ1) is 15.4. The second kappa shape index (κ2) is 5.20. The first-order valence-corrected chi connectivity index (χ1v) is 9.06. The molecule has 23 heavy (non-hydrogen) atoms. The summed E-state index contributed by atoms with van der Waals surface area (Å²) in [6, 6.07) is -0.251. The number of imide groups is 1. The van der Waals surface area contributed by atoms with Gasteiger partial charge in [0.1, 0.15) is 5.54 Å². The number of nitrogens with zero attached hydrogens (tertiary/aromatic N) is 1. The van der Waals surface area contributed by atoms with Gasteiger partial charge < -0.3 is 10.1 Å². The molecule has 3 amide bonds. The van der Waals surface area contributed by atoms with Crippen molar-refractivity contribution in [2.24, 2.45) is 23.2 Å². The van der Waals surface area contributed by atoms with E-state index in [1.807, 2.05) is 0 Å². The number of nitrogens with one attached hydrogen (secondary N) is 1. The molecule has 5 rings (SSSR count). The highest BCUT2D eigenvalue weighted by Crippen LogP contribution is 2.61. The molecule has 0 aromatic rings. The Morgan fingerprint density at radius 2 is 1.70 bits per heavy atom. The Hall–Kier alpha value is -1.10. The molecular weight excluding hydrogens is 292 g/mol. The molecule has 4 bridgehead atoms. The Labute approximate surface area is 138 Å². The molecule has 0 unspecified atom stereocenters. The number of amides is 3. The summed E-state index contributed by atoms with van der Waals surface area (Å²) in [5.41, 5.74) is -0.497. The van der Waals surface area contributed by atoms with Gasteiger partial charge in [0, 0.05) is 13.7 Å². The number of methoxy groups -OCH3 is 1. The van der Waals surface area contributed by atoms with Crippen LogP contribution in [-0.4, -0.2) is 42.6 Å². The molecule has 5 aliphatic rings. The van der Waals surface area contributed by atoms with Crippen molar-refractivity contribution in [3.8, 4) is 0 Å². The fourth-order valence-corrected chi connectivity index (χ4v) is 6.28. The Bertz CT molecular complexity index is 497. The minimum atomic E-state index is -0.896. The lowest BCUT2D eigenvalue weighted by Crippen LogP contribution is -2.49. The third-order valence-electron chi connectivity index (χ3n) is 6.81. The average molecular weight is 320 g/mol.